The van der Waals surface area contributed by atoms with E-state index in [1.807, 2.05) is 0 Å². The van der Waals surface area contributed by atoms with Gasteiger partial charge >= 0.3 is 0 Å². The van der Waals surface area contributed by atoms with Crippen molar-refractivity contribution < 1.29 is 13.9 Å². The van der Waals surface area contributed by atoms with Crippen molar-refractivity contribution >= 4 is 12.9 Å². The Morgan fingerprint density at radius 2 is 2.11 bits per heavy atom. The van der Waals surface area contributed by atoms with Crippen molar-refractivity contribution in [2.24, 2.45) is 0 Å². The van der Waals surface area contributed by atoms with E-state index >= 15 is 0 Å². The van der Waals surface area contributed by atoms with E-state index in [9.17, 15) is 9.36 Å². The maximum absolute atomic E-state index is 11.1. The number of rotatable bonds is 3. The van der Waals surface area contributed by atoms with Crippen molar-refractivity contribution in [1.82, 2.24) is 0 Å². The van der Waals surface area contributed by atoms with Gasteiger partial charge in [-0.2, -0.15) is 0 Å². The van der Waals surface area contributed by atoms with Gasteiger partial charge < -0.3 is 4.52 Å². The maximum atomic E-state index is 11.1. The van der Waals surface area contributed by atoms with E-state index < -0.39 is 7.37 Å². The third-order valence-electron chi connectivity index (χ3n) is 1.19. The summed E-state index contributed by atoms with van der Waals surface area (Å²) >= 11 is 0. The Bertz CT molecular complexity index is 144. The van der Waals surface area contributed by atoms with Crippen LogP contribution in [0.2, 0.25) is 0 Å². The predicted molar refractivity (Wildman–Crippen MR) is 35.8 cm³/mol. The minimum absolute atomic E-state index is 0.291. The van der Waals surface area contributed by atoms with Crippen molar-refractivity contribution in [3.8, 4) is 0 Å². The van der Waals surface area contributed by atoms with Gasteiger partial charge in [0.15, 0.2) is 0 Å². The number of hydrogen-bond acceptors (Lipinski definition) is 3. The Hall–Kier alpha value is -0.140. The molecule has 4 heteroatoms. The van der Waals surface area contributed by atoms with Crippen molar-refractivity contribution in [2.45, 2.75) is 13.8 Å². The third-order valence-corrected chi connectivity index (χ3v) is 3.57. The number of hydrogen-bond donors (Lipinski definition) is 0. The van der Waals surface area contributed by atoms with Crippen molar-refractivity contribution in [3.05, 3.63) is 0 Å². The van der Waals surface area contributed by atoms with Crippen LogP contribution in [0.25, 0.3) is 0 Å². The summed E-state index contributed by atoms with van der Waals surface area (Å²) in [6.07, 6.45) is 0.291. The monoisotopic (exact) mass is 150 g/mol. The van der Waals surface area contributed by atoms with E-state index in [1.54, 1.807) is 6.92 Å². The molecule has 0 aromatic carbocycles. The smallest absolute Gasteiger partial charge is 0.265 e. The highest BCUT2D eigenvalue weighted by molar-refractivity contribution is 7.76. The highest BCUT2D eigenvalue weighted by Crippen LogP contribution is 2.45. The second-order valence-corrected chi connectivity index (χ2v) is 4.67. The lowest BCUT2D eigenvalue weighted by Gasteiger charge is -2.07. The highest BCUT2D eigenvalue weighted by Gasteiger charge is 2.24. The van der Waals surface area contributed by atoms with E-state index in [2.05, 4.69) is 4.52 Å². The summed E-state index contributed by atoms with van der Waals surface area (Å²) in [5.74, 6) is 0. The molecule has 0 aliphatic carbocycles. The standard InChI is InChI=1S/C5H11O3P/c1-4-9(7,8-3)5(2)6/h4H2,1-3H3. The Kier molecular flexibility index (Phi) is 3.09. The van der Waals surface area contributed by atoms with E-state index in [4.69, 9.17) is 0 Å². The molecule has 0 aliphatic rings. The second-order valence-electron chi connectivity index (χ2n) is 1.69. The molecule has 0 spiro atoms. The quantitative estimate of drug-likeness (QED) is 0.572. The number of carbonyl (C=O) groups excluding carboxylic acids is 1. The van der Waals surface area contributed by atoms with Gasteiger partial charge in [-0.1, -0.05) is 6.92 Å². The summed E-state index contributed by atoms with van der Waals surface area (Å²) < 4.78 is 15.6. The lowest BCUT2D eigenvalue weighted by atomic mass is 10.9. The molecular weight excluding hydrogens is 139 g/mol. The molecule has 0 radical (unpaired) electrons. The average Bonchev–Trinajstić information content (AvgIpc) is 1.86. The van der Waals surface area contributed by atoms with E-state index in [1.165, 1.54) is 14.0 Å². The van der Waals surface area contributed by atoms with Crippen molar-refractivity contribution in [2.75, 3.05) is 13.3 Å². The summed E-state index contributed by atoms with van der Waals surface area (Å²) in [5.41, 5.74) is -0.354. The molecule has 54 valence electrons. The summed E-state index contributed by atoms with van der Waals surface area (Å²) in [5, 5.41) is 0. The molecule has 9 heavy (non-hydrogen) atoms. The van der Waals surface area contributed by atoms with Gasteiger partial charge in [-0.3, -0.25) is 9.36 Å². The van der Waals surface area contributed by atoms with E-state index in [0.717, 1.165) is 0 Å². The average molecular weight is 150 g/mol. The topological polar surface area (TPSA) is 43.4 Å². The molecule has 0 N–H and O–H groups in total. The fourth-order valence-corrected chi connectivity index (χ4v) is 1.44. The first-order valence-corrected chi connectivity index (χ1v) is 4.53. The zero-order valence-corrected chi connectivity index (χ0v) is 6.77. The van der Waals surface area contributed by atoms with Crippen LogP contribution in [0.5, 0.6) is 0 Å². The summed E-state index contributed by atoms with van der Waals surface area (Å²) in [6, 6.07) is 0. The molecule has 0 aliphatic heterocycles. The second kappa shape index (κ2) is 3.14. The minimum atomic E-state index is -2.89. The van der Waals surface area contributed by atoms with Crippen LogP contribution in [0, 0.1) is 0 Å². The largest absolute Gasteiger partial charge is 0.327 e. The highest BCUT2D eigenvalue weighted by atomic mass is 31.2. The van der Waals surface area contributed by atoms with Gasteiger partial charge in [-0.05, 0) is 0 Å². The van der Waals surface area contributed by atoms with Crippen LogP contribution in [-0.4, -0.2) is 18.8 Å². The normalized spacial score (nSPS) is 16.8. The molecule has 0 rings (SSSR count). The van der Waals surface area contributed by atoms with Gasteiger partial charge in [0, 0.05) is 20.2 Å². The summed E-state index contributed by atoms with van der Waals surface area (Å²) in [7, 11) is -1.59. The van der Waals surface area contributed by atoms with Crippen molar-refractivity contribution in [1.29, 1.82) is 0 Å². The van der Waals surface area contributed by atoms with Gasteiger partial charge in [0.1, 0.15) is 0 Å². The molecule has 0 saturated carbocycles. The first kappa shape index (κ1) is 8.86. The van der Waals surface area contributed by atoms with Crippen LogP contribution in [-0.2, 0) is 13.9 Å². The van der Waals surface area contributed by atoms with E-state index in [-0.39, 0.29) is 5.52 Å². The molecule has 1 atom stereocenters. The first-order valence-electron chi connectivity index (χ1n) is 2.72. The van der Waals surface area contributed by atoms with Gasteiger partial charge in [-0.25, -0.2) is 0 Å². The minimum Gasteiger partial charge on any atom is -0.327 e. The molecule has 3 nitrogen and oxygen atoms in total. The van der Waals surface area contributed by atoms with Crippen molar-refractivity contribution in [3.63, 3.8) is 0 Å². The van der Waals surface area contributed by atoms with Crippen LogP contribution >= 0.6 is 7.37 Å². The molecule has 0 aromatic rings. The SMILES string of the molecule is CCP(=O)(OC)C(C)=O. The van der Waals surface area contributed by atoms with Crippen LogP contribution < -0.4 is 0 Å². The molecule has 0 saturated heterocycles. The molecule has 0 fully saturated rings. The molecular formula is C5H11O3P. The van der Waals surface area contributed by atoms with E-state index in [0.29, 0.717) is 6.16 Å². The van der Waals surface area contributed by atoms with Gasteiger partial charge in [0.25, 0.3) is 7.37 Å². The summed E-state index contributed by atoms with van der Waals surface area (Å²) in [6.45, 7) is 2.96. The van der Waals surface area contributed by atoms with Crippen LogP contribution in [0.1, 0.15) is 13.8 Å². The van der Waals surface area contributed by atoms with Crippen LogP contribution in [0.3, 0.4) is 0 Å². The molecule has 0 aromatic heterocycles. The van der Waals surface area contributed by atoms with Gasteiger partial charge in [0.2, 0.25) is 5.52 Å². The molecule has 1 unspecified atom stereocenters. The van der Waals surface area contributed by atoms with Gasteiger partial charge in [-0.15, -0.1) is 0 Å². The van der Waals surface area contributed by atoms with Crippen LogP contribution in [0.15, 0.2) is 0 Å². The summed E-state index contributed by atoms with van der Waals surface area (Å²) in [4.78, 5) is 10.5. The lowest BCUT2D eigenvalue weighted by molar-refractivity contribution is -0.110. The Morgan fingerprint density at radius 1 is 1.67 bits per heavy atom. The molecule has 0 amide bonds. The maximum Gasteiger partial charge on any atom is 0.265 e. The zero-order valence-electron chi connectivity index (χ0n) is 5.88. The Balaban J connectivity index is 4.30. The third kappa shape index (κ3) is 1.92. The van der Waals surface area contributed by atoms with Crippen LogP contribution in [0.4, 0.5) is 0 Å². The van der Waals surface area contributed by atoms with Gasteiger partial charge in [0.05, 0.1) is 0 Å². The lowest BCUT2D eigenvalue weighted by Crippen LogP contribution is -1.97. The predicted octanol–water partition coefficient (Wildman–Crippen LogP) is 1.48. The fourth-order valence-electron chi connectivity index (χ4n) is 0.480. The fraction of sp³-hybridized carbons (Fsp3) is 0.800. The Labute approximate surface area is 54.9 Å². The Morgan fingerprint density at radius 3 is 2.11 bits per heavy atom. The number of carbonyl (C=O) groups is 1. The molecule has 0 bridgehead atoms. The molecule has 0 heterocycles. The zero-order chi connectivity index (χ0) is 7.49. The first-order chi connectivity index (χ1) is 4.06.